The molecule has 2 aliphatic rings. The zero-order valence-corrected chi connectivity index (χ0v) is 13.6. The molecule has 2 heterocycles. The van der Waals surface area contributed by atoms with Crippen molar-refractivity contribution in [3.8, 4) is 0 Å². The largest absolute Gasteiger partial charge is 0.465 e. The molecule has 0 unspecified atom stereocenters. The first kappa shape index (κ1) is 16.3. The SMILES string of the molecule is COC(=O)c1cccc(C(=O)N2CCC(N3CCOC3=O)CC2)c1. The summed E-state index contributed by atoms with van der Waals surface area (Å²) in [5.74, 6) is -0.570. The molecule has 0 spiro atoms. The van der Waals surface area contributed by atoms with E-state index >= 15 is 0 Å². The zero-order valence-electron chi connectivity index (χ0n) is 13.6. The quantitative estimate of drug-likeness (QED) is 0.785. The molecule has 24 heavy (non-hydrogen) atoms. The lowest BCUT2D eigenvalue weighted by molar-refractivity contribution is 0.0600. The number of amides is 2. The summed E-state index contributed by atoms with van der Waals surface area (Å²) < 4.78 is 9.66. The van der Waals surface area contributed by atoms with E-state index in [9.17, 15) is 14.4 Å². The Morgan fingerprint density at radius 1 is 1.17 bits per heavy atom. The number of esters is 1. The first-order valence-corrected chi connectivity index (χ1v) is 8.01. The number of carbonyl (C=O) groups excluding carboxylic acids is 3. The van der Waals surface area contributed by atoms with Crippen LogP contribution < -0.4 is 0 Å². The van der Waals surface area contributed by atoms with Gasteiger partial charge < -0.3 is 19.3 Å². The van der Waals surface area contributed by atoms with Crippen LogP contribution in [0.25, 0.3) is 0 Å². The lowest BCUT2D eigenvalue weighted by Gasteiger charge is -2.35. The first-order chi connectivity index (χ1) is 11.6. The van der Waals surface area contributed by atoms with E-state index in [1.165, 1.54) is 7.11 Å². The van der Waals surface area contributed by atoms with Crippen molar-refractivity contribution in [3.63, 3.8) is 0 Å². The molecular weight excluding hydrogens is 312 g/mol. The molecule has 1 aromatic rings. The molecule has 7 heteroatoms. The Labute approximate surface area is 140 Å². The van der Waals surface area contributed by atoms with E-state index in [0.717, 1.165) is 12.8 Å². The van der Waals surface area contributed by atoms with Crippen LogP contribution in [0.3, 0.4) is 0 Å². The van der Waals surface area contributed by atoms with Crippen molar-refractivity contribution in [1.82, 2.24) is 9.80 Å². The molecule has 2 amide bonds. The molecular formula is C17H20N2O5. The summed E-state index contributed by atoms with van der Waals surface area (Å²) in [6.07, 6.45) is 1.21. The highest BCUT2D eigenvalue weighted by Crippen LogP contribution is 2.21. The molecule has 0 bridgehead atoms. The maximum Gasteiger partial charge on any atom is 0.410 e. The third-order valence-corrected chi connectivity index (χ3v) is 4.52. The fourth-order valence-corrected chi connectivity index (χ4v) is 3.20. The van der Waals surface area contributed by atoms with Crippen LogP contribution in [0.4, 0.5) is 4.79 Å². The van der Waals surface area contributed by atoms with Crippen molar-refractivity contribution in [1.29, 1.82) is 0 Å². The highest BCUT2D eigenvalue weighted by atomic mass is 16.6. The predicted molar refractivity (Wildman–Crippen MR) is 84.8 cm³/mol. The highest BCUT2D eigenvalue weighted by molar-refractivity contribution is 5.98. The van der Waals surface area contributed by atoms with Gasteiger partial charge in [0.2, 0.25) is 0 Å². The monoisotopic (exact) mass is 332 g/mol. The molecule has 0 radical (unpaired) electrons. The van der Waals surface area contributed by atoms with Crippen LogP contribution in [-0.2, 0) is 9.47 Å². The van der Waals surface area contributed by atoms with Crippen molar-refractivity contribution in [2.45, 2.75) is 18.9 Å². The Morgan fingerprint density at radius 2 is 1.88 bits per heavy atom. The number of rotatable bonds is 3. The second-order valence-electron chi connectivity index (χ2n) is 5.90. The van der Waals surface area contributed by atoms with Crippen LogP contribution in [-0.4, -0.2) is 67.2 Å². The van der Waals surface area contributed by atoms with E-state index in [2.05, 4.69) is 4.74 Å². The number of nitrogens with zero attached hydrogens (tertiary/aromatic N) is 2. The van der Waals surface area contributed by atoms with Crippen molar-refractivity contribution in [3.05, 3.63) is 35.4 Å². The minimum Gasteiger partial charge on any atom is -0.465 e. The number of cyclic esters (lactones) is 1. The Hall–Kier alpha value is -2.57. The molecule has 0 N–H and O–H groups in total. The van der Waals surface area contributed by atoms with Gasteiger partial charge in [-0.1, -0.05) is 6.07 Å². The van der Waals surface area contributed by atoms with Gasteiger partial charge in [0.25, 0.3) is 5.91 Å². The summed E-state index contributed by atoms with van der Waals surface area (Å²) in [4.78, 5) is 39.3. The molecule has 3 rings (SSSR count). The molecule has 0 saturated carbocycles. The van der Waals surface area contributed by atoms with E-state index in [-0.39, 0.29) is 18.0 Å². The summed E-state index contributed by atoms with van der Waals surface area (Å²) >= 11 is 0. The third kappa shape index (κ3) is 3.20. The van der Waals surface area contributed by atoms with E-state index in [0.29, 0.717) is 37.4 Å². The van der Waals surface area contributed by atoms with Gasteiger partial charge in [0, 0.05) is 24.7 Å². The van der Waals surface area contributed by atoms with Crippen LogP contribution in [0.1, 0.15) is 33.6 Å². The van der Waals surface area contributed by atoms with Gasteiger partial charge in [-0.15, -0.1) is 0 Å². The maximum absolute atomic E-state index is 12.6. The van der Waals surface area contributed by atoms with Gasteiger partial charge in [-0.05, 0) is 31.0 Å². The van der Waals surface area contributed by atoms with Gasteiger partial charge in [-0.2, -0.15) is 0 Å². The van der Waals surface area contributed by atoms with Gasteiger partial charge >= 0.3 is 12.1 Å². The van der Waals surface area contributed by atoms with Crippen LogP contribution in [0.2, 0.25) is 0 Å². The summed E-state index contributed by atoms with van der Waals surface area (Å²) in [5.41, 5.74) is 0.829. The number of benzene rings is 1. The first-order valence-electron chi connectivity index (χ1n) is 8.01. The van der Waals surface area contributed by atoms with Gasteiger partial charge in [-0.3, -0.25) is 4.79 Å². The number of piperidine rings is 1. The zero-order chi connectivity index (χ0) is 17.1. The van der Waals surface area contributed by atoms with Crippen LogP contribution >= 0.6 is 0 Å². The minimum absolute atomic E-state index is 0.108. The predicted octanol–water partition coefficient (Wildman–Crippen LogP) is 1.53. The van der Waals surface area contributed by atoms with E-state index in [1.54, 1.807) is 34.1 Å². The molecule has 128 valence electrons. The molecule has 7 nitrogen and oxygen atoms in total. The van der Waals surface area contributed by atoms with Crippen LogP contribution in [0.5, 0.6) is 0 Å². The Balaban J connectivity index is 1.63. The Kier molecular flexibility index (Phi) is 4.69. The minimum atomic E-state index is -0.462. The second kappa shape index (κ2) is 6.90. The average molecular weight is 332 g/mol. The number of methoxy groups -OCH3 is 1. The number of hydrogen-bond donors (Lipinski definition) is 0. The lowest BCUT2D eigenvalue weighted by atomic mass is 10.0. The van der Waals surface area contributed by atoms with Gasteiger partial charge in [0.1, 0.15) is 6.61 Å². The van der Waals surface area contributed by atoms with E-state index < -0.39 is 5.97 Å². The fourth-order valence-electron chi connectivity index (χ4n) is 3.20. The lowest BCUT2D eigenvalue weighted by Crippen LogP contribution is -2.47. The van der Waals surface area contributed by atoms with Crippen molar-refractivity contribution < 1.29 is 23.9 Å². The maximum atomic E-state index is 12.6. The summed E-state index contributed by atoms with van der Waals surface area (Å²) in [5, 5.41) is 0. The van der Waals surface area contributed by atoms with Crippen LogP contribution in [0, 0.1) is 0 Å². The van der Waals surface area contributed by atoms with Crippen molar-refractivity contribution in [2.75, 3.05) is 33.4 Å². The molecule has 2 fully saturated rings. The Bertz CT molecular complexity index is 652. The normalized spacial score (nSPS) is 18.5. The van der Waals surface area contributed by atoms with Gasteiger partial charge in [0.15, 0.2) is 0 Å². The van der Waals surface area contributed by atoms with Gasteiger partial charge in [0.05, 0.1) is 19.2 Å². The summed E-state index contributed by atoms with van der Waals surface area (Å²) in [7, 11) is 1.31. The molecule has 0 atom stereocenters. The molecule has 1 aromatic carbocycles. The number of hydrogen-bond acceptors (Lipinski definition) is 5. The molecule has 2 saturated heterocycles. The summed E-state index contributed by atoms with van der Waals surface area (Å²) in [6.45, 7) is 2.22. The van der Waals surface area contributed by atoms with Gasteiger partial charge in [-0.25, -0.2) is 9.59 Å². The molecule has 0 aliphatic carbocycles. The Morgan fingerprint density at radius 3 is 2.50 bits per heavy atom. The second-order valence-corrected chi connectivity index (χ2v) is 5.90. The smallest absolute Gasteiger partial charge is 0.410 e. The standard InChI is InChI=1S/C17H20N2O5/c1-23-16(21)13-4-2-3-12(11-13)15(20)18-7-5-14(6-8-18)19-9-10-24-17(19)22/h2-4,11,14H,5-10H2,1H3. The fraction of sp³-hybridized carbons (Fsp3) is 0.471. The number of ether oxygens (including phenoxy) is 2. The van der Waals surface area contributed by atoms with Crippen molar-refractivity contribution in [2.24, 2.45) is 0 Å². The van der Waals surface area contributed by atoms with E-state index in [4.69, 9.17) is 4.74 Å². The average Bonchev–Trinajstić information content (AvgIpc) is 3.06. The number of carbonyl (C=O) groups is 3. The topological polar surface area (TPSA) is 76.2 Å². The highest BCUT2D eigenvalue weighted by Gasteiger charge is 2.33. The van der Waals surface area contributed by atoms with E-state index in [1.807, 2.05) is 0 Å². The number of likely N-dealkylation sites (tertiary alicyclic amines) is 1. The van der Waals surface area contributed by atoms with Crippen molar-refractivity contribution >= 4 is 18.0 Å². The third-order valence-electron chi connectivity index (χ3n) is 4.52. The van der Waals surface area contributed by atoms with Crippen LogP contribution in [0.15, 0.2) is 24.3 Å². The summed E-state index contributed by atoms with van der Waals surface area (Å²) in [6, 6.07) is 6.67. The molecule has 2 aliphatic heterocycles. The molecule has 0 aromatic heterocycles.